The number of piperidine rings is 1. The minimum absolute atomic E-state index is 0.433. The largest absolute Gasteiger partial charge is 0.469 e. The van der Waals surface area contributed by atoms with E-state index in [1.807, 2.05) is 12.1 Å². The van der Waals surface area contributed by atoms with Crippen molar-refractivity contribution >= 4 is 5.96 Å². The number of nitrogens with zero attached hydrogens (tertiary/aromatic N) is 2. The average molecular weight is 375 g/mol. The number of hydrogen-bond donors (Lipinski definition) is 2. The molecule has 0 amide bonds. The molecule has 2 N–H and O–H groups in total. The van der Waals surface area contributed by atoms with E-state index < -0.39 is 0 Å². The van der Waals surface area contributed by atoms with Crippen molar-refractivity contribution in [2.24, 2.45) is 4.99 Å². The highest BCUT2D eigenvalue weighted by Crippen LogP contribution is 2.25. The van der Waals surface area contributed by atoms with E-state index in [1.54, 1.807) is 6.26 Å². The van der Waals surface area contributed by atoms with Gasteiger partial charge in [0.15, 0.2) is 5.96 Å². The van der Waals surface area contributed by atoms with E-state index in [0.717, 1.165) is 37.1 Å². The van der Waals surface area contributed by atoms with Gasteiger partial charge in [-0.2, -0.15) is 0 Å². The third-order valence-corrected chi connectivity index (χ3v) is 6.17. The summed E-state index contributed by atoms with van der Waals surface area (Å²) in [7, 11) is 0. The van der Waals surface area contributed by atoms with Crippen LogP contribution in [-0.4, -0.2) is 48.6 Å². The summed E-state index contributed by atoms with van der Waals surface area (Å²) in [5, 5.41) is 7.27. The maximum atomic E-state index is 5.42. The van der Waals surface area contributed by atoms with Crippen molar-refractivity contribution in [2.75, 3.05) is 19.6 Å². The lowest BCUT2D eigenvalue weighted by atomic mass is 9.92. The van der Waals surface area contributed by atoms with E-state index in [4.69, 9.17) is 9.41 Å². The Morgan fingerprint density at radius 1 is 1.22 bits per heavy atom. The smallest absolute Gasteiger partial charge is 0.191 e. The molecule has 1 saturated carbocycles. The molecule has 1 atom stereocenters. The highest BCUT2D eigenvalue weighted by Gasteiger charge is 2.26. The molecule has 2 aliphatic rings. The van der Waals surface area contributed by atoms with Crippen LogP contribution in [0.2, 0.25) is 0 Å². The third-order valence-electron chi connectivity index (χ3n) is 6.17. The van der Waals surface area contributed by atoms with Gasteiger partial charge >= 0.3 is 0 Å². The third kappa shape index (κ3) is 6.56. The minimum atomic E-state index is 0.433. The first-order valence-electron chi connectivity index (χ1n) is 11.1. The molecule has 152 valence electrons. The van der Waals surface area contributed by atoms with Crippen LogP contribution >= 0.6 is 0 Å². The average Bonchev–Trinajstić information content (AvgIpc) is 3.22. The van der Waals surface area contributed by atoms with Crippen LogP contribution in [0.3, 0.4) is 0 Å². The number of guanidine groups is 1. The fourth-order valence-corrected chi connectivity index (χ4v) is 4.25. The second kappa shape index (κ2) is 10.7. The van der Waals surface area contributed by atoms with E-state index in [-0.39, 0.29) is 0 Å². The van der Waals surface area contributed by atoms with Crippen molar-refractivity contribution in [3.63, 3.8) is 0 Å². The normalized spacial score (nSPS) is 21.9. The van der Waals surface area contributed by atoms with E-state index in [0.29, 0.717) is 12.1 Å². The molecular formula is C22H38N4O. The lowest BCUT2D eigenvalue weighted by Gasteiger charge is -2.39. The molecule has 1 saturated heterocycles. The molecule has 2 fully saturated rings. The Hall–Kier alpha value is -1.49. The molecule has 1 aromatic rings. The van der Waals surface area contributed by atoms with Gasteiger partial charge in [-0.05, 0) is 51.2 Å². The van der Waals surface area contributed by atoms with Crippen molar-refractivity contribution in [3.8, 4) is 0 Å². The first kappa shape index (κ1) is 20.2. The topological polar surface area (TPSA) is 52.8 Å². The van der Waals surface area contributed by atoms with Crippen LogP contribution in [0, 0.1) is 0 Å². The number of furan rings is 1. The summed E-state index contributed by atoms with van der Waals surface area (Å²) in [6.07, 6.45) is 13.2. The van der Waals surface area contributed by atoms with Crippen molar-refractivity contribution in [2.45, 2.75) is 89.8 Å². The Labute approximate surface area is 165 Å². The van der Waals surface area contributed by atoms with Gasteiger partial charge in [0.2, 0.25) is 0 Å². The molecule has 1 aliphatic carbocycles. The summed E-state index contributed by atoms with van der Waals surface area (Å²) in [6.45, 7) is 7.63. The fraction of sp³-hybridized carbons (Fsp3) is 0.773. The Morgan fingerprint density at radius 2 is 2.00 bits per heavy atom. The van der Waals surface area contributed by atoms with Crippen LogP contribution < -0.4 is 10.6 Å². The van der Waals surface area contributed by atoms with E-state index in [1.165, 1.54) is 58.0 Å². The molecule has 1 aromatic heterocycles. The van der Waals surface area contributed by atoms with Crippen LogP contribution in [0.5, 0.6) is 0 Å². The molecule has 5 heteroatoms. The molecule has 0 radical (unpaired) electrons. The zero-order valence-electron chi connectivity index (χ0n) is 17.3. The van der Waals surface area contributed by atoms with Crippen molar-refractivity contribution in [1.29, 1.82) is 0 Å². The number of nitrogens with one attached hydrogen (secondary N) is 2. The Morgan fingerprint density at radius 3 is 2.67 bits per heavy atom. The zero-order valence-corrected chi connectivity index (χ0v) is 17.3. The lowest BCUT2D eigenvalue weighted by Crippen LogP contribution is -2.52. The SMILES string of the molecule is CCC(C)NC(=NCCc1ccco1)NC1CCN(C2CCCCC2)CC1. The number of hydrogen-bond acceptors (Lipinski definition) is 3. The van der Waals surface area contributed by atoms with Gasteiger partial charge < -0.3 is 20.0 Å². The number of likely N-dealkylation sites (tertiary alicyclic amines) is 1. The summed E-state index contributed by atoms with van der Waals surface area (Å²) in [5.74, 6) is 1.97. The minimum Gasteiger partial charge on any atom is -0.469 e. The fourth-order valence-electron chi connectivity index (χ4n) is 4.25. The molecule has 5 nitrogen and oxygen atoms in total. The maximum absolute atomic E-state index is 5.42. The van der Waals surface area contributed by atoms with Crippen molar-refractivity contribution in [1.82, 2.24) is 15.5 Å². The van der Waals surface area contributed by atoms with Crippen LogP contribution in [-0.2, 0) is 6.42 Å². The van der Waals surface area contributed by atoms with Crippen molar-refractivity contribution < 1.29 is 4.42 Å². The summed E-state index contributed by atoms with van der Waals surface area (Å²) >= 11 is 0. The molecule has 1 aliphatic heterocycles. The molecule has 1 unspecified atom stereocenters. The van der Waals surface area contributed by atoms with Gasteiger partial charge in [-0.3, -0.25) is 4.99 Å². The molecule has 3 rings (SSSR count). The monoisotopic (exact) mass is 374 g/mol. The predicted molar refractivity (Wildman–Crippen MR) is 112 cm³/mol. The number of aliphatic imine (C=N–C) groups is 1. The van der Waals surface area contributed by atoms with Crippen LogP contribution in [0.4, 0.5) is 0 Å². The summed E-state index contributed by atoms with van der Waals surface area (Å²) in [4.78, 5) is 7.55. The zero-order chi connectivity index (χ0) is 18.9. The molecular weight excluding hydrogens is 336 g/mol. The van der Waals surface area contributed by atoms with Gasteiger partial charge in [0.25, 0.3) is 0 Å². The van der Waals surface area contributed by atoms with Gasteiger partial charge in [-0.25, -0.2) is 0 Å². The summed E-state index contributed by atoms with van der Waals surface area (Å²) in [5.41, 5.74) is 0. The maximum Gasteiger partial charge on any atom is 0.191 e. The van der Waals surface area contributed by atoms with Crippen LogP contribution in [0.25, 0.3) is 0 Å². The second-order valence-electron chi connectivity index (χ2n) is 8.26. The van der Waals surface area contributed by atoms with Gasteiger partial charge in [-0.15, -0.1) is 0 Å². The summed E-state index contributed by atoms with van der Waals surface area (Å²) < 4.78 is 5.42. The van der Waals surface area contributed by atoms with Crippen molar-refractivity contribution in [3.05, 3.63) is 24.2 Å². The van der Waals surface area contributed by atoms with Crippen LogP contribution in [0.15, 0.2) is 27.8 Å². The summed E-state index contributed by atoms with van der Waals surface area (Å²) in [6, 6.07) is 5.77. The Bertz CT molecular complexity index is 543. The standard InChI is InChI=1S/C22H38N4O/c1-3-18(2)24-22(23-14-11-21-10-7-17-27-21)25-19-12-15-26(16-13-19)20-8-5-4-6-9-20/h7,10,17-20H,3-6,8-9,11-16H2,1-2H3,(H2,23,24,25). The molecule has 0 bridgehead atoms. The Balaban J connectivity index is 1.47. The second-order valence-corrected chi connectivity index (χ2v) is 8.26. The molecule has 0 spiro atoms. The number of rotatable bonds is 7. The van der Waals surface area contributed by atoms with Gasteiger partial charge in [0.05, 0.1) is 6.26 Å². The van der Waals surface area contributed by atoms with Gasteiger partial charge in [0, 0.05) is 44.2 Å². The molecule has 0 aromatic carbocycles. The predicted octanol–water partition coefficient (Wildman–Crippen LogP) is 3.95. The van der Waals surface area contributed by atoms with Crippen LogP contribution in [0.1, 0.15) is 71.0 Å². The van der Waals surface area contributed by atoms with E-state index >= 15 is 0 Å². The van der Waals surface area contributed by atoms with E-state index in [9.17, 15) is 0 Å². The molecule has 27 heavy (non-hydrogen) atoms. The first-order valence-corrected chi connectivity index (χ1v) is 11.1. The van der Waals surface area contributed by atoms with E-state index in [2.05, 4.69) is 29.4 Å². The molecule has 2 heterocycles. The quantitative estimate of drug-likeness (QED) is 0.560. The highest BCUT2D eigenvalue weighted by molar-refractivity contribution is 5.80. The lowest BCUT2D eigenvalue weighted by molar-refractivity contribution is 0.119. The van der Waals surface area contributed by atoms with Gasteiger partial charge in [0.1, 0.15) is 5.76 Å². The van der Waals surface area contributed by atoms with Gasteiger partial charge in [-0.1, -0.05) is 26.2 Å². The first-order chi connectivity index (χ1) is 13.2. The Kier molecular flexibility index (Phi) is 8.06. The highest BCUT2D eigenvalue weighted by atomic mass is 16.3.